The molecule has 0 atom stereocenters. The van der Waals surface area contributed by atoms with Crippen LogP contribution in [0.25, 0.3) is 109 Å². The second-order valence-corrected chi connectivity index (χ2v) is 22.0. The number of hydrogen-bond acceptors (Lipinski definition) is 0. The van der Waals surface area contributed by atoms with Crippen LogP contribution in [0.5, 0.6) is 0 Å². The van der Waals surface area contributed by atoms with Crippen molar-refractivity contribution in [1.82, 2.24) is 0 Å². The summed E-state index contributed by atoms with van der Waals surface area (Å²) < 4.78 is 0. The highest BCUT2D eigenvalue weighted by molar-refractivity contribution is 5.99. The minimum atomic E-state index is 1.28. The molecule has 0 aromatic heterocycles. The Balaban J connectivity index is 0.000000111. The average Bonchev–Trinajstić information content (AvgIpc) is 3.75. The van der Waals surface area contributed by atoms with E-state index >= 15 is 0 Å². The highest BCUT2D eigenvalue weighted by Gasteiger charge is 2.07. The Bertz CT molecular complexity index is 4680. The minimum Gasteiger partial charge on any atom is -0.0622 e. The van der Waals surface area contributed by atoms with E-state index in [9.17, 15) is 0 Å². The second-order valence-electron chi connectivity index (χ2n) is 22.0. The second kappa shape index (κ2) is 27.1. The molecule has 0 spiro atoms. The molecule has 0 aliphatic heterocycles. The molecule has 85 heavy (non-hydrogen) atoms. The van der Waals surface area contributed by atoms with Crippen LogP contribution >= 0.6 is 0 Å². The van der Waals surface area contributed by atoms with Gasteiger partial charge in [0.1, 0.15) is 0 Å². The molecule has 0 fully saturated rings. The van der Waals surface area contributed by atoms with E-state index in [0.717, 1.165) is 0 Å². The predicted octanol–water partition coefficient (Wildman–Crippen LogP) is 24.1. The van der Waals surface area contributed by atoms with Crippen molar-refractivity contribution in [2.24, 2.45) is 0 Å². The average molecular weight is 1090 g/mol. The van der Waals surface area contributed by atoms with Crippen LogP contribution < -0.4 is 0 Å². The standard InChI is InChI=1S/5C17H14/c1-13-6-2-5-9-17(13)16-11-10-14-7-3-4-8-15(14)12-16;1-13-5-4-8-15(11-13)17-10-9-14-6-2-3-7-16(14)12-17;1-13-11-12-16(14-7-3-2-4-8-14)17-10-6-5-9-15(13)17;1-13-10-11-17-15(12-13)8-5-9-16(17)14-6-3-2-4-7-14;1-13-6-8-15(9-7-13)17-11-10-14-4-2-3-5-16(14)12-17/h5*2-12H,1H3. The molecule has 0 N–H and O–H groups in total. The van der Waals surface area contributed by atoms with Gasteiger partial charge in [0, 0.05) is 0 Å². The first-order chi connectivity index (χ1) is 41.7. The fraction of sp³-hybridized carbons (Fsp3) is 0.0588. The van der Waals surface area contributed by atoms with Crippen LogP contribution in [0.1, 0.15) is 27.8 Å². The summed E-state index contributed by atoms with van der Waals surface area (Å²) in [6, 6.07) is 118. The highest BCUT2D eigenvalue weighted by atomic mass is 14.1. The third-order valence-electron chi connectivity index (χ3n) is 15.8. The van der Waals surface area contributed by atoms with Gasteiger partial charge in [-0.2, -0.15) is 0 Å². The lowest BCUT2D eigenvalue weighted by molar-refractivity contribution is 1.46. The molecule has 15 rings (SSSR count). The van der Waals surface area contributed by atoms with Crippen LogP contribution in [0.2, 0.25) is 0 Å². The van der Waals surface area contributed by atoms with Crippen LogP contribution in [0.3, 0.4) is 0 Å². The highest BCUT2D eigenvalue weighted by Crippen LogP contribution is 2.33. The fourth-order valence-electron chi connectivity index (χ4n) is 11.2. The zero-order valence-corrected chi connectivity index (χ0v) is 49.3. The van der Waals surface area contributed by atoms with Crippen molar-refractivity contribution < 1.29 is 0 Å². The molecule has 0 aliphatic rings. The molecule has 0 bridgehead atoms. The molecule has 0 saturated carbocycles. The van der Waals surface area contributed by atoms with Crippen LogP contribution in [0.4, 0.5) is 0 Å². The molecule has 0 amide bonds. The normalized spacial score (nSPS) is 10.6. The number of benzene rings is 15. The summed E-state index contributed by atoms with van der Waals surface area (Å²) in [4.78, 5) is 0. The van der Waals surface area contributed by atoms with Crippen LogP contribution in [0.15, 0.2) is 334 Å². The summed E-state index contributed by atoms with van der Waals surface area (Å²) >= 11 is 0. The Morgan fingerprint density at radius 2 is 0.553 bits per heavy atom. The van der Waals surface area contributed by atoms with Crippen LogP contribution in [0, 0.1) is 34.6 Å². The van der Waals surface area contributed by atoms with Gasteiger partial charge in [-0.3, -0.25) is 0 Å². The van der Waals surface area contributed by atoms with E-state index < -0.39 is 0 Å². The molecule has 410 valence electrons. The van der Waals surface area contributed by atoms with Gasteiger partial charge < -0.3 is 0 Å². The number of fused-ring (bicyclic) bond motifs is 5. The van der Waals surface area contributed by atoms with Crippen LogP contribution in [-0.4, -0.2) is 0 Å². The van der Waals surface area contributed by atoms with Gasteiger partial charge in [-0.25, -0.2) is 0 Å². The molecule has 0 saturated heterocycles. The van der Waals surface area contributed by atoms with Gasteiger partial charge in [0.25, 0.3) is 0 Å². The summed E-state index contributed by atoms with van der Waals surface area (Å²) in [5.74, 6) is 0. The van der Waals surface area contributed by atoms with Gasteiger partial charge in [0.05, 0.1) is 0 Å². The Labute approximate surface area is 502 Å². The van der Waals surface area contributed by atoms with Gasteiger partial charge in [-0.05, 0) is 173 Å². The monoisotopic (exact) mass is 1090 g/mol. The van der Waals surface area contributed by atoms with Crippen molar-refractivity contribution in [2.45, 2.75) is 34.6 Å². The molecule has 0 unspecified atom stereocenters. The van der Waals surface area contributed by atoms with Crippen molar-refractivity contribution >= 4 is 53.9 Å². The molecule has 0 aliphatic carbocycles. The smallest absolute Gasteiger partial charge is 0.0103 e. The largest absolute Gasteiger partial charge is 0.0622 e. The third kappa shape index (κ3) is 14.1. The summed E-state index contributed by atoms with van der Waals surface area (Å²) in [7, 11) is 0. The Morgan fingerprint density at radius 3 is 1.14 bits per heavy atom. The maximum atomic E-state index is 2.26. The van der Waals surface area contributed by atoms with E-state index in [2.05, 4.69) is 368 Å². The minimum absolute atomic E-state index is 1.28. The summed E-state index contributed by atoms with van der Waals surface area (Å²) in [6.45, 7) is 10.7. The number of aryl methyl sites for hydroxylation is 5. The van der Waals surface area contributed by atoms with E-state index in [1.165, 1.54) is 137 Å². The van der Waals surface area contributed by atoms with Crippen LogP contribution in [-0.2, 0) is 0 Å². The quantitative estimate of drug-likeness (QED) is 0.161. The topological polar surface area (TPSA) is 0 Å². The summed E-state index contributed by atoms with van der Waals surface area (Å²) in [5, 5.41) is 13.1. The predicted molar refractivity (Wildman–Crippen MR) is 371 cm³/mol. The molecule has 0 radical (unpaired) electrons. The third-order valence-corrected chi connectivity index (χ3v) is 15.8. The molecular formula is C85H70. The van der Waals surface area contributed by atoms with Gasteiger partial charge in [0.15, 0.2) is 0 Å². The Morgan fingerprint density at radius 1 is 0.153 bits per heavy atom. The zero-order valence-electron chi connectivity index (χ0n) is 49.3. The first-order valence-electron chi connectivity index (χ1n) is 29.5. The maximum Gasteiger partial charge on any atom is -0.0103 e. The summed E-state index contributed by atoms with van der Waals surface area (Å²) in [5.41, 5.74) is 19.5. The van der Waals surface area contributed by atoms with E-state index in [4.69, 9.17) is 0 Å². The molecule has 0 heteroatoms. The molecule has 15 aromatic carbocycles. The van der Waals surface area contributed by atoms with E-state index in [-0.39, 0.29) is 0 Å². The Hall–Kier alpha value is -10.4. The van der Waals surface area contributed by atoms with Crippen molar-refractivity contribution in [3.8, 4) is 55.6 Å². The number of hydrogen-bond donors (Lipinski definition) is 0. The Kier molecular flexibility index (Phi) is 18.0. The number of rotatable bonds is 5. The van der Waals surface area contributed by atoms with Crippen molar-refractivity contribution in [3.05, 3.63) is 361 Å². The molecule has 15 aromatic rings. The lowest BCUT2D eigenvalue weighted by Crippen LogP contribution is -1.83. The molecular weight excluding hydrogens is 1020 g/mol. The van der Waals surface area contributed by atoms with E-state index in [1.807, 2.05) is 0 Å². The van der Waals surface area contributed by atoms with E-state index in [0.29, 0.717) is 0 Å². The van der Waals surface area contributed by atoms with Gasteiger partial charge in [-0.1, -0.05) is 332 Å². The maximum absolute atomic E-state index is 2.26. The van der Waals surface area contributed by atoms with Crippen molar-refractivity contribution in [1.29, 1.82) is 0 Å². The van der Waals surface area contributed by atoms with Crippen molar-refractivity contribution in [2.75, 3.05) is 0 Å². The van der Waals surface area contributed by atoms with Gasteiger partial charge in [-0.15, -0.1) is 0 Å². The first-order valence-corrected chi connectivity index (χ1v) is 29.5. The first kappa shape index (κ1) is 56.5. The lowest BCUT2D eigenvalue weighted by atomic mass is 9.96. The zero-order chi connectivity index (χ0) is 58.3. The SMILES string of the molecule is Cc1ccc(-c2ccc3ccccc3c2)cc1.Cc1ccc(-c2ccccc2)c2ccccc12.Cc1ccc2c(-c3ccccc3)cccc2c1.Cc1cccc(-c2ccc3ccccc3c2)c1.Cc1ccccc1-c1ccc2ccccc2c1. The summed E-state index contributed by atoms with van der Waals surface area (Å²) in [6.07, 6.45) is 0. The van der Waals surface area contributed by atoms with Crippen molar-refractivity contribution in [3.63, 3.8) is 0 Å². The molecule has 0 nitrogen and oxygen atoms in total. The fourth-order valence-corrected chi connectivity index (χ4v) is 11.2. The molecule has 0 heterocycles. The van der Waals surface area contributed by atoms with Gasteiger partial charge in [0.2, 0.25) is 0 Å². The lowest BCUT2D eigenvalue weighted by Gasteiger charge is -2.09. The van der Waals surface area contributed by atoms with Gasteiger partial charge >= 0.3 is 0 Å². The van der Waals surface area contributed by atoms with E-state index in [1.54, 1.807) is 0 Å².